The molecule has 0 saturated carbocycles. The highest BCUT2D eigenvalue weighted by atomic mass is 19.2. The average molecular weight is 1260 g/mol. The maximum absolute atomic E-state index is 12.7. The minimum atomic E-state index is -1.33. The molecule has 10 aromatic carbocycles. The lowest BCUT2D eigenvalue weighted by Gasteiger charge is -2.12. The third-order valence-electron chi connectivity index (χ3n) is 16.9. The van der Waals surface area contributed by atoms with Crippen molar-refractivity contribution >= 4 is 87.2 Å². The zero-order valence-corrected chi connectivity index (χ0v) is 56.4. The lowest BCUT2D eigenvalue weighted by atomic mass is 9.96. The first-order chi connectivity index (χ1) is 45.6. The predicted molar refractivity (Wildman–Crippen MR) is 389 cm³/mol. The molecule has 0 radical (unpaired) electrons. The third-order valence-corrected chi connectivity index (χ3v) is 16.9. The summed E-state index contributed by atoms with van der Waals surface area (Å²) in [6.07, 6.45) is 0. The Morgan fingerprint density at radius 1 is 0.295 bits per heavy atom. The first-order valence-corrected chi connectivity index (χ1v) is 31.7. The van der Waals surface area contributed by atoms with Crippen LogP contribution in [0.2, 0.25) is 0 Å². The highest BCUT2D eigenvalue weighted by molar-refractivity contribution is 6.09. The Balaban J connectivity index is 0.000000122. The number of pyridine rings is 2. The molecule has 0 saturated heterocycles. The molecule has 95 heavy (non-hydrogen) atoms. The fourth-order valence-corrected chi connectivity index (χ4v) is 12.0. The van der Waals surface area contributed by atoms with E-state index in [4.69, 9.17) is 4.42 Å². The van der Waals surface area contributed by atoms with Gasteiger partial charge in [0.1, 0.15) is 17.0 Å². The van der Waals surface area contributed by atoms with Crippen LogP contribution >= 0.6 is 0 Å². The van der Waals surface area contributed by atoms with E-state index >= 15 is 0 Å². The number of aromatic nitrogens is 6. The van der Waals surface area contributed by atoms with Gasteiger partial charge in [0.05, 0.1) is 5.52 Å². The van der Waals surface area contributed by atoms with Crippen LogP contribution in [0.15, 0.2) is 223 Å². The quantitative estimate of drug-likeness (QED) is 0.121. The normalized spacial score (nSPS) is 10.8. The van der Waals surface area contributed by atoms with Crippen molar-refractivity contribution in [3.63, 3.8) is 0 Å². The lowest BCUT2D eigenvalue weighted by Crippen LogP contribution is -2.02. The fourth-order valence-electron chi connectivity index (χ4n) is 12.0. The molecule has 0 aliphatic carbocycles. The summed E-state index contributed by atoms with van der Waals surface area (Å²) < 4.78 is 60.9. The van der Waals surface area contributed by atoms with E-state index < -0.39 is 34.4 Å². The molecule has 16 rings (SSSR count). The molecule has 478 valence electrons. The van der Waals surface area contributed by atoms with Crippen molar-refractivity contribution in [1.29, 1.82) is 0 Å². The van der Waals surface area contributed by atoms with Crippen LogP contribution < -0.4 is 0 Å². The number of furan rings is 1. The molecule has 0 aliphatic heterocycles. The van der Waals surface area contributed by atoms with Crippen molar-refractivity contribution in [2.24, 2.45) is 14.1 Å². The molecule has 0 aliphatic rings. The minimum Gasteiger partial charge on any atom is -0.456 e. The molecule has 0 unspecified atom stereocenters. The van der Waals surface area contributed by atoms with Crippen molar-refractivity contribution in [1.82, 2.24) is 29.1 Å². The predicted octanol–water partition coefficient (Wildman–Crippen LogP) is 22.8. The van der Waals surface area contributed by atoms with Gasteiger partial charge in [-0.15, -0.1) is 0 Å². The van der Waals surface area contributed by atoms with Crippen LogP contribution in [0, 0.1) is 106 Å². The monoisotopic (exact) mass is 1260 g/mol. The Labute approximate surface area is 553 Å². The van der Waals surface area contributed by atoms with Crippen molar-refractivity contribution in [3.8, 4) is 11.1 Å². The number of aryl methyl sites for hydroxylation is 12. The van der Waals surface area contributed by atoms with E-state index in [-0.39, 0.29) is 0 Å². The Morgan fingerprint density at radius 2 is 0.705 bits per heavy atom. The standard InChI is InChI=1S/C17H15N.2C14H13N.C14H12O.C10H10N2.C8H6F4.C7H9N/c1-12-15-10-6-7-11-16(15)17(13(2)18-12)14-8-4-3-5-9-14;1-10-7-8-14-12(9-10)11-5-3-4-6-13(11)15(14)2;1-10-7-8-12-11-5-3-4-6-13(11)15(2)14(12)9-10;1-9-3-5-11-12-6-4-10(2)8-14(12)15-13(11)7-9;1-7-9-5-3-4-6-10(9)12-8(2)11-7;1-3-5(9)7(11)4(2)8(12)6(3)10;1-6-4-3-5-7(2)8-6/h3-11H,1-2H3;2*3-9H,1-2H3;3-8H,1-2H3;3-6H,1-2H3;1-2H3;3-5H,1-2H3. The minimum absolute atomic E-state index is 0.629. The number of para-hydroxylation sites is 3. The summed E-state index contributed by atoms with van der Waals surface area (Å²) in [5, 5.41) is 11.5. The van der Waals surface area contributed by atoms with Crippen LogP contribution in [0.5, 0.6) is 0 Å². The van der Waals surface area contributed by atoms with Crippen LogP contribution in [-0.4, -0.2) is 29.1 Å². The van der Waals surface area contributed by atoms with Crippen LogP contribution in [0.1, 0.15) is 67.7 Å². The van der Waals surface area contributed by atoms with Crippen molar-refractivity contribution in [2.75, 3.05) is 0 Å². The molecular formula is C84H78F4N6O. The molecule has 0 atom stereocenters. The molecule has 0 amide bonds. The maximum atomic E-state index is 12.7. The SMILES string of the molecule is Cc1c(F)c(F)c(C)c(F)c1F.Cc1ccc2c(c1)c1ccccc1n2C.Cc1ccc2c(c1)oc1cc(C)ccc12.Cc1ccc2c3ccccc3n(C)c2c1.Cc1cccc(C)n1.Cc1nc(C)c2ccccc2c1-c1ccccc1.Cc1nc(C)c2ccccc2n1. The molecule has 16 aromatic rings. The van der Waals surface area contributed by atoms with Crippen LogP contribution in [0.4, 0.5) is 17.6 Å². The highest BCUT2D eigenvalue weighted by Crippen LogP contribution is 2.34. The van der Waals surface area contributed by atoms with Gasteiger partial charge in [0, 0.05) is 124 Å². The van der Waals surface area contributed by atoms with E-state index in [1.54, 1.807) is 0 Å². The van der Waals surface area contributed by atoms with E-state index in [0.29, 0.717) is 0 Å². The molecule has 6 aromatic heterocycles. The number of hydrogen-bond donors (Lipinski definition) is 0. The topological polar surface area (TPSA) is 74.6 Å². The number of benzene rings is 10. The van der Waals surface area contributed by atoms with Crippen molar-refractivity contribution in [2.45, 2.75) is 83.1 Å². The second-order valence-corrected chi connectivity index (χ2v) is 24.2. The molecule has 11 heteroatoms. The molecule has 6 heterocycles. The summed E-state index contributed by atoms with van der Waals surface area (Å²) in [6.45, 7) is 22.5. The number of hydrogen-bond acceptors (Lipinski definition) is 5. The molecule has 0 fully saturated rings. The molecule has 0 spiro atoms. The second-order valence-electron chi connectivity index (χ2n) is 24.2. The average Bonchev–Trinajstić information content (AvgIpc) is 1.78. The Bertz CT molecular complexity index is 5250. The summed E-state index contributed by atoms with van der Waals surface area (Å²) in [5.41, 5.74) is 20.0. The number of nitrogens with zero attached hydrogens (tertiary/aromatic N) is 6. The summed E-state index contributed by atoms with van der Waals surface area (Å²) in [6, 6.07) is 76.1. The van der Waals surface area contributed by atoms with E-state index in [0.717, 1.165) is 70.2 Å². The first-order valence-electron chi connectivity index (χ1n) is 31.7. The number of halogens is 4. The summed E-state index contributed by atoms with van der Waals surface area (Å²) in [7, 11) is 4.25. The van der Waals surface area contributed by atoms with Gasteiger partial charge < -0.3 is 13.6 Å². The van der Waals surface area contributed by atoms with Crippen LogP contribution in [0.3, 0.4) is 0 Å². The molecule has 0 bridgehead atoms. The number of rotatable bonds is 1. The van der Waals surface area contributed by atoms with Gasteiger partial charge in [-0.05, 0) is 171 Å². The highest BCUT2D eigenvalue weighted by Gasteiger charge is 2.20. The van der Waals surface area contributed by atoms with E-state index in [1.807, 2.05) is 76.2 Å². The lowest BCUT2D eigenvalue weighted by molar-refractivity contribution is 0.436. The van der Waals surface area contributed by atoms with Crippen LogP contribution in [0.25, 0.3) is 98.4 Å². The largest absolute Gasteiger partial charge is 0.456 e. The van der Waals surface area contributed by atoms with Gasteiger partial charge in [-0.3, -0.25) is 9.97 Å². The summed E-state index contributed by atoms with van der Waals surface area (Å²) in [5.74, 6) is -4.47. The zero-order valence-electron chi connectivity index (χ0n) is 56.4. The zero-order chi connectivity index (χ0) is 67.8. The Morgan fingerprint density at radius 3 is 1.25 bits per heavy atom. The molecule has 7 nitrogen and oxygen atoms in total. The molecule has 0 N–H and O–H groups in total. The van der Waals surface area contributed by atoms with Gasteiger partial charge in [0.25, 0.3) is 0 Å². The van der Waals surface area contributed by atoms with Gasteiger partial charge in [-0.1, -0.05) is 163 Å². The smallest absolute Gasteiger partial charge is 0.165 e. The van der Waals surface area contributed by atoms with Crippen molar-refractivity contribution < 1.29 is 22.0 Å². The molecular weight excluding hydrogens is 1180 g/mol. The second kappa shape index (κ2) is 29.4. The first kappa shape index (κ1) is 67.1. The number of fused-ring (bicyclic) bond motifs is 11. The van der Waals surface area contributed by atoms with Gasteiger partial charge in [0.2, 0.25) is 0 Å². The maximum Gasteiger partial charge on any atom is 0.165 e. The van der Waals surface area contributed by atoms with E-state index in [2.05, 4.69) is 255 Å². The van der Waals surface area contributed by atoms with Crippen LogP contribution in [-0.2, 0) is 14.1 Å². The van der Waals surface area contributed by atoms with E-state index in [1.165, 1.54) is 98.5 Å². The van der Waals surface area contributed by atoms with Gasteiger partial charge in [-0.2, -0.15) is 0 Å². The fraction of sp³-hybridized carbons (Fsp3) is 0.167. The third kappa shape index (κ3) is 15.0. The van der Waals surface area contributed by atoms with Gasteiger partial charge in [-0.25, -0.2) is 27.5 Å². The Hall–Kier alpha value is -10.8. The van der Waals surface area contributed by atoms with Gasteiger partial charge in [0.15, 0.2) is 23.3 Å². The summed E-state index contributed by atoms with van der Waals surface area (Å²) >= 11 is 0. The van der Waals surface area contributed by atoms with E-state index in [9.17, 15) is 17.6 Å². The Kier molecular flexibility index (Phi) is 20.8. The van der Waals surface area contributed by atoms with Crippen molar-refractivity contribution in [3.05, 3.63) is 309 Å². The van der Waals surface area contributed by atoms with Gasteiger partial charge >= 0.3 is 0 Å². The summed E-state index contributed by atoms with van der Waals surface area (Å²) in [4.78, 5) is 17.5.